The molecule has 0 saturated carbocycles. The van der Waals surface area contributed by atoms with E-state index in [0.29, 0.717) is 71.0 Å². The molecular formula is C29H59N11O6. The third kappa shape index (κ3) is 18.4. The van der Waals surface area contributed by atoms with Crippen molar-refractivity contribution in [2.45, 2.75) is 115 Å². The SMILES string of the molecule is CC(C)C(NC(=O)C(CCCCN)NC(=O)C(CCCN=C(N)N)NC(=O)C(CCCCN)NC(=O)C(N)CCCCN)C(=O)O. The zero-order valence-corrected chi connectivity index (χ0v) is 27.5. The van der Waals surface area contributed by atoms with Gasteiger partial charge in [0.1, 0.15) is 24.2 Å². The van der Waals surface area contributed by atoms with E-state index in [2.05, 4.69) is 26.3 Å². The van der Waals surface area contributed by atoms with Crippen LogP contribution in [0.25, 0.3) is 0 Å². The van der Waals surface area contributed by atoms with E-state index >= 15 is 0 Å². The van der Waals surface area contributed by atoms with Gasteiger partial charge < -0.3 is 60.8 Å². The molecule has 0 aliphatic rings. The van der Waals surface area contributed by atoms with Crippen LogP contribution in [-0.2, 0) is 24.0 Å². The molecule has 5 atom stereocenters. The molecule has 0 bridgehead atoms. The Labute approximate surface area is 272 Å². The summed E-state index contributed by atoms with van der Waals surface area (Å²) in [5.74, 6) is -4.22. The Kier molecular flexibility index (Phi) is 22.8. The first kappa shape index (κ1) is 42.5. The van der Waals surface area contributed by atoms with Crippen molar-refractivity contribution < 1.29 is 29.1 Å². The summed E-state index contributed by atoms with van der Waals surface area (Å²) < 4.78 is 0. The van der Waals surface area contributed by atoms with Gasteiger partial charge in [-0.05, 0) is 89.8 Å². The Hall–Kier alpha value is -3.54. The molecule has 17 nitrogen and oxygen atoms in total. The number of hydrogen-bond acceptors (Lipinski definition) is 10. The van der Waals surface area contributed by atoms with Crippen LogP contribution < -0.4 is 55.7 Å². The maximum absolute atomic E-state index is 13.6. The third-order valence-corrected chi connectivity index (χ3v) is 7.27. The standard InChI is InChI=1S/C29H59N11O6/c1-18(2)23(28(45)46)40-27(44)21(12-5-8-16-32)38-26(43)22(13-9-17-36-29(34)35)39-25(42)20(11-4-7-15-31)37-24(41)19(33)10-3-6-14-30/h18-23H,3-17,30-33H2,1-2H3,(H,37,41)(H,38,43)(H,39,42)(H,40,44)(H,45,46)(H4,34,35,36). The zero-order valence-electron chi connectivity index (χ0n) is 27.5. The Balaban J connectivity index is 6.03. The molecule has 0 rings (SSSR count). The fourth-order valence-electron chi connectivity index (χ4n) is 4.53. The molecule has 17 N–H and O–H groups in total. The topological polar surface area (TPSA) is 322 Å². The van der Waals surface area contributed by atoms with Crippen LogP contribution in [0.15, 0.2) is 4.99 Å². The van der Waals surface area contributed by atoms with Crippen LogP contribution in [0.2, 0.25) is 0 Å². The van der Waals surface area contributed by atoms with E-state index in [1.54, 1.807) is 13.8 Å². The molecule has 0 aromatic heterocycles. The first-order valence-corrected chi connectivity index (χ1v) is 16.1. The fourth-order valence-corrected chi connectivity index (χ4v) is 4.53. The van der Waals surface area contributed by atoms with Gasteiger partial charge in [-0.25, -0.2) is 4.79 Å². The molecule has 5 unspecified atom stereocenters. The monoisotopic (exact) mass is 657 g/mol. The molecule has 0 aliphatic heterocycles. The molecule has 0 heterocycles. The number of carbonyl (C=O) groups is 5. The molecule has 266 valence electrons. The largest absolute Gasteiger partial charge is 0.480 e. The van der Waals surface area contributed by atoms with Crippen molar-refractivity contribution in [3.05, 3.63) is 0 Å². The Morgan fingerprint density at radius 3 is 1.39 bits per heavy atom. The second-order valence-corrected chi connectivity index (χ2v) is 11.7. The predicted molar refractivity (Wildman–Crippen MR) is 177 cm³/mol. The highest BCUT2D eigenvalue weighted by Crippen LogP contribution is 2.09. The van der Waals surface area contributed by atoms with Gasteiger partial charge in [0, 0.05) is 6.54 Å². The molecule has 46 heavy (non-hydrogen) atoms. The van der Waals surface area contributed by atoms with E-state index in [9.17, 15) is 29.1 Å². The number of unbranched alkanes of at least 4 members (excludes halogenated alkanes) is 3. The van der Waals surface area contributed by atoms with E-state index in [1.165, 1.54) is 0 Å². The van der Waals surface area contributed by atoms with Gasteiger partial charge in [-0.1, -0.05) is 20.3 Å². The summed E-state index contributed by atoms with van der Waals surface area (Å²) in [5, 5.41) is 20.1. The Morgan fingerprint density at radius 1 is 0.609 bits per heavy atom. The highest BCUT2D eigenvalue weighted by Gasteiger charge is 2.32. The van der Waals surface area contributed by atoms with E-state index in [4.69, 9.17) is 34.4 Å². The van der Waals surface area contributed by atoms with Gasteiger partial charge in [-0.2, -0.15) is 0 Å². The smallest absolute Gasteiger partial charge is 0.326 e. The summed E-state index contributed by atoms with van der Waals surface area (Å²) in [7, 11) is 0. The molecule has 0 spiro atoms. The summed E-state index contributed by atoms with van der Waals surface area (Å²) >= 11 is 0. The van der Waals surface area contributed by atoms with Crippen LogP contribution in [0.1, 0.15) is 84.5 Å². The van der Waals surface area contributed by atoms with Gasteiger partial charge >= 0.3 is 5.97 Å². The van der Waals surface area contributed by atoms with Gasteiger partial charge in [-0.3, -0.25) is 24.2 Å². The minimum Gasteiger partial charge on any atom is -0.480 e. The van der Waals surface area contributed by atoms with Gasteiger partial charge in [-0.15, -0.1) is 0 Å². The summed E-state index contributed by atoms with van der Waals surface area (Å²) in [5.41, 5.74) is 33.6. The maximum Gasteiger partial charge on any atom is 0.326 e. The lowest BCUT2D eigenvalue weighted by Crippen LogP contribution is -2.58. The summed E-state index contributed by atoms with van der Waals surface area (Å²) in [6.07, 6.45) is 4.78. The summed E-state index contributed by atoms with van der Waals surface area (Å²) in [6, 6.07) is -5.25. The minimum absolute atomic E-state index is 0.0946. The summed E-state index contributed by atoms with van der Waals surface area (Å²) in [6.45, 7) is 4.70. The number of hydrogen-bond donors (Lipinski definition) is 11. The quantitative estimate of drug-likeness (QED) is 0.0260. The number of aliphatic imine (C=N–C) groups is 1. The minimum atomic E-state index is -1.21. The van der Waals surface area contributed by atoms with Crippen molar-refractivity contribution in [3.8, 4) is 0 Å². The van der Waals surface area contributed by atoms with Gasteiger partial charge in [0.25, 0.3) is 0 Å². The lowest BCUT2D eigenvalue weighted by Gasteiger charge is -2.27. The normalized spacial score (nSPS) is 14.3. The van der Waals surface area contributed by atoms with Crippen LogP contribution >= 0.6 is 0 Å². The van der Waals surface area contributed by atoms with E-state index in [1.807, 2.05) is 0 Å². The van der Waals surface area contributed by atoms with Crippen molar-refractivity contribution in [1.82, 2.24) is 21.3 Å². The number of rotatable bonds is 26. The third-order valence-electron chi connectivity index (χ3n) is 7.27. The molecule has 17 heteroatoms. The van der Waals surface area contributed by atoms with Crippen LogP contribution in [0, 0.1) is 5.92 Å². The average molecular weight is 658 g/mol. The number of aliphatic carboxylic acids is 1. The number of amides is 4. The molecular weight excluding hydrogens is 598 g/mol. The van der Waals surface area contributed by atoms with Crippen molar-refractivity contribution in [2.75, 3.05) is 26.2 Å². The average Bonchev–Trinajstić information content (AvgIpc) is 2.99. The van der Waals surface area contributed by atoms with Crippen LogP contribution in [0.5, 0.6) is 0 Å². The Bertz CT molecular complexity index is 962. The Morgan fingerprint density at radius 2 is 1.00 bits per heavy atom. The number of nitrogens with zero attached hydrogens (tertiary/aromatic N) is 1. The lowest BCUT2D eigenvalue weighted by atomic mass is 10.0. The van der Waals surface area contributed by atoms with Crippen molar-refractivity contribution in [2.24, 2.45) is 45.3 Å². The molecule has 0 aliphatic carbocycles. The molecule has 4 amide bonds. The fraction of sp³-hybridized carbons (Fsp3) is 0.793. The molecule has 0 aromatic rings. The first-order chi connectivity index (χ1) is 21.8. The lowest BCUT2D eigenvalue weighted by molar-refractivity contribution is -0.143. The van der Waals surface area contributed by atoms with Crippen molar-refractivity contribution in [3.63, 3.8) is 0 Å². The first-order valence-electron chi connectivity index (χ1n) is 16.1. The predicted octanol–water partition coefficient (Wildman–Crippen LogP) is -2.57. The highest BCUT2D eigenvalue weighted by atomic mass is 16.4. The zero-order chi connectivity index (χ0) is 35.1. The summed E-state index contributed by atoms with van der Waals surface area (Å²) in [4.78, 5) is 68.7. The van der Waals surface area contributed by atoms with Crippen LogP contribution in [-0.4, -0.2) is 97.1 Å². The van der Waals surface area contributed by atoms with Crippen molar-refractivity contribution in [1.29, 1.82) is 0 Å². The van der Waals surface area contributed by atoms with Gasteiger partial charge in [0.05, 0.1) is 6.04 Å². The number of guanidine groups is 1. The molecule has 0 fully saturated rings. The molecule has 0 radical (unpaired) electrons. The number of carboxylic acid groups (broad SMARTS) is 1. The number of nitrogens with two attached hydrogens (primary N) is 6. The number of nitrogens with one attached hydrogen (secondary N) is 4. The second-order valence-electron chi connectivity index (χ2n) is 11.7. The van der Waals surface area contributed by atoms with E-state index in [-0.39, 0.29) is 31.8 Å². The van der Waals surface area contributed by atoms with Crippen molar-refractivity contribution >= 4 is 35.6 Å². The number of carboxylic acids is 1. The van der Waals surface area contributed by atoms with Crippen LogP contribution in [0.4, 0.5) is 0 Å². The maximum atomic E-state index is 13.6. The van der Waals surface area contributed by atoms with E-state index < -0.39 is 65.7 Å². The van der Waals surface area contributed by atoms with Gasteiger partial charge in [0.15, 0.2) is 5.96 Å². The molecule has 0 saturated heterocycles. The second kappa shape index (κ2) is 24.7. The van der Waals surface area contributed by atoms with Crippen LogP contribution in [0.3, 0.4) is 0 Å². The molecule has 0 aromatic carbocycles. The van der Waals surface area contributed by atoms with Gasteiger partial charge in [0.2, 0.25) is 23.6 Å². The highest BCUT2D eigenvalue weighted by molar-refractivity contribution is 5.95. The number of carbonyl (C=O) groups excluding carboxylic acids is 4. The van der Waals surface area contributed by atoms with E-state index in [0.717, 1.165) is 0 Å².